The molecule has 1 saturated carbocycles. The zero-order chi connectivity index (χ0) is 12.3. The molecule has 0 spiro atoms. The molecule has 1 aliphatic rings. The summed E-state index contributed by atoms with van der Waals surface area (Å²) >= 11 is 0. The van der Waals surface area contributed by atoms with Gasteiger partial charge in [-0.15, -0.1) is 0 Å². The standard InChI is InChI=1S/C13H19FN2O/c1-17-13(7-4-8-13)9-12(16-15)10-5-2-3-6-11(10)14/h2-3,5-6,12,16H,4,7-9,15H2,1H3. The van der Waals surface area contributed by atoms with Gasteiger partial charge in [-0.05, 0) is 31.7 Å². The van der Waals surface area contributed by atoms with Crippen molar-refractivity contribution in [3.8, 4) is 0 Å². The molecule has 0 radical (unpaired) electrons. The maximum Gasteiger partial charge on any atom is 0.128 e. The fraction of sp³-hybridized carbons (Fsp3) is 0.538. The minimum atomic E-state index is -0.221. The predicted molar refractivity (Wildman–Crippen MR) is 64.7 cm³/mol. The minimum absolute atomic E-state index is 0.126. The Labute approximate surface area is 101 Å². The summed E-state index contributed by atoms with van der Waals surface area (Å²) in [7, 11) is 1.72. The Kier molecular flexibility index (Phi) is 3.76. The molecule has 17 heavy (non-hydrogen) atoms. The molecule has 1 fully saturated rings. The highest BCUT2D eigenvalue weighted by atomic mass is 19.1. The summed E-state index contributed by atoms with van der Waals surface area (Å²) < 4.78 is 19.2. The topological polar surface area (TPSA) is 47.3 Å². The molecule has 4 heteroatoms. The third-order valence-electron chi connectivity index (χ3n) is 3.76. The van der Waals surface area contributed by atoms with Crippen LogP contribution in [0.2, 0.25) is 0 Å². The van der Waals surface area contributed by atoms with Crippen LogP contribution in [0.3, 0.4) is 0 Å². The second kappa shape index (κ2) is 5.12. The van der Waals surface area contributed by atoms with E-state index >= 15 is 0 Å². The van der Waals surface area contributed by atoms with Crippen molar-refractivity contribution in [2.24, 2.45) is 5.84 Å². The Balaban J connectivity index is 2.14. The van der Waals surface area contributed by atoms with Gasteiger partial charge in [0.25, 0.3) is 0 Å². The van der Waals surface area contributed by atoms with Gasteiger partial charge in [0.2, 0.25) is 0 Å². The molecule has 0 aliphatic heterocycles. The van der Waals surface area contributed by atoms with Crippen LogP contribution in [-0.4, -0.2) is 12.7 Å². The average molecular weight is 238 g/mol. The monoisotopic (exact) mass is 238 g/mol. The SMILES string of the molecule is COC1(CC(NN)c2ccccc2F)CCC1. The van der Waals surface area contributed by atoms with E-state index in [0.29, 0.717) is 12.0 Å². The third-order valence-corrected chi connectivity index (χ3v) is 3.76. The molecule has 3 nitrogen and oxygen atoms in total. The first kappa shape index (κ1) is 12.5. The molecule has 0 aromatic heterocycles. The van der Waals surface area contributed by atoms with Crippen molar-refractivity contribution in [2.75, 3.05) is 7.11 Å². The van der Waals surface area contributed by atoms with E-state index in [1.807, 2.05) is 6.07 Å². The minimum Gasteiger partial charge on any atom is -0.378 e. The van der Waals surface area contributed by atoms with Gasteiger partial charge in [0.1, 0.15) is 5.82 Å². The van der Waals surface area contributed by atoms with Gasteiger partial charge in [-0.1, -0.05) is 18.2 Å². The molecule has 0 heterocycles. The van der Waals surface area contributed by atoms with E-state index < -0.39 is 0 Å². The normalized spacial score (nSPS) is 19.7. The molecule has 2 rings (SSSR count). The molecule has 1 aromatic rings. The van der Waals surface area contributed by atoms with Crippen molar-refractivity contribution in [1.82, 2.24) is 5.43 Å². The highest BCUT2D eigenvalue weighted by Crippen LogP contribution is 2.41. The van der Waals surface area contributed by atoms with Crippen LogP contribution < -0.4 is 11.3 Å². The van der Waals surface area contributed by atoms with Crippen LogP contribution in [0.25, 0.3) is 0 Å². The Bertz CT molecular complexity index is 374. The number of hydrazine groups is 1. The van der Waals surface area contributed by atoms with Gasteiger partial charge in [0, 0.05) is 12.7 Å². The smallest absolute Gasteiger partial charge is 0.128 e. The zero-order valence-electron chi connectivity index (χ0n) is 10.1. The molecule has 3 N–H and O–H groups in total. The Morgan fingerprint density at radius 2 is 2.18 bits per heavy atom. The molecule has 0 saturated heterocycles. The molecule has 1 aliphatic carbocycles. The van der Waals surface area contributed by atoms with Crippen LogP contribution in [0.4, 0.5) is 4.39 Å². The lowest BCUT2D eigenvalue weighted by atomic mass is 9.75. The molecule has 94 valence electrons. The summed E-state index contributed by atoms with van der Waals surface area (Å²) in [5, 5.41) is 0. The van der Waals surface area contributed by atoms with Gasteiger partial charge in [0.15, 0.2) is 0 Å². The number of rotatable bonds is 5. The largest absolute Gasteiger partial charge is 0.378 e. The molecule has 1 unspecified atom stereocenters. The predicted octanol–water partition coefficient (Wildman–Crippen LogP) is 2.29. The van der Waals surface area contributed by atoms with Crippen LogP contribution in [0.5, 0.6) is 0 Å². The quantitative estimate of drug-likeness (QED) is 0.611. The summed E-state index contributed by atoms with van der Waals surface area (Å²) in [6, 6.07) is 6.53. The Hall–Kier alpha value is -0.970. The molecule has 1 atom stereocenters. The number of halogens is 1. The highest BCUT2D eigenvalue weighted by molar-refractivity contribution is 5.22. The van der Waals surface area contributed by atoms with Gasteiger partial charge in [0.05, 0.1) is 11.6 Å². The van der Waals surface area contributed by atoms with Crippen molar-refractivity contribution in [1.29, 1.82) is 0 Å². The summed E-state index contributed by atoms with van der Waals surface area (Å²) in [5.41, 5.74) is 3.18. The molecular formula is C13H19FN2O. The lowest BCUT2D eigenvalue weighted by Crippen LogP contribution is -2.44. The number of hydrogen-bond donors (Lipinski definition) is 2. The maximum atomic E-state index is 13.7. The second-order valence-electron chi connectivity index (χ2n) is 4.69. The van der Waals surface area contributed by atoms with E-state index in [0.717, 1.165) is 12.8 Å². The van der Waals surface area contributed by atoms with Crippen LogP contribution in [0.1, 0.15) is 37.3 Å². The lowest BCUT2D eigenvalue weighted by Gasteiger charge is -2.42. The number of nitrogens with two attached hydrogens (primary N) is 1. The maximum absolute atomic E-state index is 13.7. The molecule has 1 aromatic carbocycles. The fourth-order valence-electron chi connectivity index (χ4n) is 2.45. The average Bonchev–Trinajstić information content (AvgIpc) is 2.30. The Morgan fingerprint density at radius 1 is 1.47 bits per heavy atom. The number of nitrogens with one attached hydrogen (secondary N) is 1. The van der Waals surface area contributed by atoms with Crippen LogP contribution in [-0.2, 0) is 4.74 Å². The molecule has 0 bridgehead atoms. The molecular weight excluding hydrogens is 219 g/mol. The van der Waals surface area contributed by atoms with Crippen LogP contribution in [0, 0.1) is 5.82 Å². The summed E-state index contributed by atoms with van der Waals surface area (Å²) in [6.45, 7) is 0. The van der Waals surface area contributed by atoms with E-state index in [1.165, 1.54) is 12.5 Å². The van der Waals surface area contributed by atoms with Gasteiger partial charge in [-0.3, -0.25) is 11.3 Å². The number of benzene rings is 1. The lowest BCUT2D eigenvalue weighted by molar-refractivity contribution is -0.0840. The summed E-state index contributed by atoms with van der Waals surface area (Å²) in [6.07, 6.45) is 3.93. The Morgan fingerprint density at radius 3 is 2.65 bits per heavy atom. The highest BCUT2D eigenvalue weighted by Gasteiger charge is 2.39. The number of ether oxygens (including phenoxy) is 1. The third kappa shape index (κ3) is 2.49. The van der Waals surface area contributed by atoms with Gasteiger partial charge in [-0.2, -0.15) is 0 Å². The number of methoxy groups -OCH3 is 1. The van der Waals surface area contributed by atoms with Crippen LogP contribution in [0.15, 0.2) is 24.3 Å². The van der Waals surface area contributed by atoms with Gasteiger partial charge >= 0.3 is 0 Å². The van der Waals surface area contributed by atoms with Crippen molar-refractivity contribution in [3.63, 3.8) is 0 Å². The van der Waals surface area contributed by atoms with E-state index in [1.54, 1.807) is 19.2 Å². The van der Waals surface area contributed by atoms with Crippen molar-refractivity contribution < 1.29 is 9.13 Å². The zero-order valence-corrected chi connectivity index (χ0v) is 10.1. The second-order valence-corrected chi connectivity index (χ2v) is 4.69. The first-order chi connectivity index (χ1) is 8.21. The molecule has 0 amide bonds. The first-order valence-electron chi connectivity index (χ1n) is 5.96. The van der Waals surface area contributed by atoms with Crippen molar-refractivity contribution >= 4 is 0 Å². The summed E-state index contributed by atoms with van der Waals surface area (Å²) in [5.74, 6) is 5.32. The first-order valence-corrected chi connectivity index (χ1v) is 5.96. The number of hydrogen-bond acceptors (Lipinski definition) is 3. The van der Waals surface area contributed by atoms with E-state index in [2.05, 4.69) is 5.43 Å². The van der Waals surface area contributed by atoms with Gasteiger partial charge < -0.3 is 4.74 Å². The van der Waals surface area contributed by atoms with E-state index in [4.69, 9.17) is 10.6 Å². The van der Waals surface area contributed by atoms with Gasteiger partial charge in [-0.25, -0.2) is 4.39 Å². The van der Waals surface area contributed by atoms with Crippen LogP contribution >= 0.6 is 0 Å². The van der Waals surface area contributed by atoms with E-state index in [-0.39, 0.29) is 17.5 Å². The van der Waals surface area contributed by atoms with Crippen molar-refractivity contribution in [3.05, 3.63) is 35.6 Å². The van der Waals surface area contributed by atoms with E-state index in [9.17, 15) is 4.39 Å². The fourth-order valence-corrected chi connectivity index (χ4v) is 2.45. The van der Waals surface area contributed by atoms with Crippen molar-refractivity contribution in [2.45, 2.75) is 37.3 Å². The summed E-state index contributed by atoms with van der Waals surface area (Å²) in [4.78, 5) is 0.